The van der Waals surface area contributed by atoms with E-state index in [1.807, 2.05) is 6.92 Å². The third kappa shape index (κ3) is 3.21. The van der Waals surface area contributed by atoms with Gasteiger partial charge in [-0.1, -0.05) is 13.8 Å². The molecule has 6 nitrogen and oxygen atoms in total. The van der Waals surface area contributed by atoms with Crippen molar-refractivity contribution in [3.05, 3.63) is 0 Å². The van der Waals surface area contributed by atoms with Crippen LogP contribution < -0.4 is 15.4 Å². The Labute approximate surface area is 108 Å². The lowest BCUT2D eigenvalue weighted by atomic mass is 10.2. The number of aromatic nitrogens is 3. The molecule has 2 rings (SSSR count). The van der Waals surface area contributed by atoms with Gasteiger partial charge in [-0.05, 0) is 25.7 Å². The van der Waals surface area contributed by atoms with Gasteiger partial charge in [0, 0.05) is 12.6 Å². The molecule has 2 N–H and O–H groups in total. The molecule has 1 saturated carbocycles. The van der Waals surface area contributed by atoms with Crippen LogP contribution in [0.4, 0.5) is 11.9 Å². The first kappa shape index (κ1) is 12.9. The van der Waals surface area contributed by atoms with Crippen molar-refractivity contribution < 1.29 is 4.74 Å². The van der Waals surface area contributed by atoms with Crippen molar-refractivity contribution in [1.29, 1.82) is 0 Å². The highest BCUT2D eigenvalue weighted by molar-refractivity contribution is 5.38. The molecule has 6 heteroatoms. The van der Waals surface area contributed by atoms with Gasteiger partial charge in [0.25, 0.3) is 0 Å². The number of rotatable bonds is 6. The highest BCUT2D eigenvalue weighted by Crippen LogP contribution is 2.31. The fourth-order valence-electron chi connectivity index (χ4n) is 1.86. The van der Waals surface area contributed by atoms with Crippen LogP contribution in [0.5, 0.6) is 6.01 Å². The van der Waals surface area contributed by atoms with Gasteiger partial charge in [0.15, 0.2) is 0 Å². The number of nitrogens with zero attached hydrogens (tertiary/aromatic N) is 4. The Morgan fingerprint density at radius 1 is 1.33 bits per heavy atom. The smallest absolute Gasteiger partial charge is 0.323 e. The molecule has 0 unspecified atom stereocenters. The summed E-state index contributed by atoms with van der Waals surface area (Å²) in [7, 11) is 0. The van der Waals surface area contributed by atoms with Gasteiger partial charge in [-0.3, -0.25) is 0 Å². The van der Waals surface area contributed by atoms with Crippen LogP contribution in [0.3, 0.4) is 0 Å². The summed E-state index contributed by atoms with van der Waals surface area (Å²) >= 11 is 0. The number of hydrogen-bond acceptors (Lipinski definition) is 6. The maximum Gasteiger partial charge on any atom is 0.323 e. The summed E-state index contributed by atoms with van der Waals surface area (Å²) in [4.78, 5) is 14.8. The van der Waals surface area contributed by atoms with Crippen LogP contribution in [0.1, 0.15) is 33.6 Å². The average molecular weight is 251 g/mol. The second kappa shape index (κ2) is 5.37. The molecule has 1 heterocycles. The van der Waals surface area contributed by atoms with Crippen molar-refractivity contribution in [2.45, 2.75) is 39.7 Å². The SMILES string of the molecule is CCOc1nc(N)nc(N(CC(C)C)C2CC2)n1. The lowest BCUT2D eigenvalue weighted by Crippen LogP contribution is -2.32. The second-order valence-electron chi connectivity index (χ2n) is 4.99. The molecule has 1 aromatic rings. The number of anilines is 2. The van der Waals surface area contributed by atoms with Crippen LogP contribution in [0.25, 0.3) is 0 Å². The van der Waals surface area contributed by atoms with Gasteiger partial charge in [-0.15, -0.1) is 0 Å². The van der Waals surface area contributed by atoms with Crippen LogP contribution in [-0.2, 0) is 0 Å². The molecule has 0 atom stereocenters. The summed E-state index contributed by atoms with van der Waals surface area (Å²) < 4.78 is 5.31. The zero-order valence-corrected chi connectivity index (χ0v) is 11.3. The van der Waals surface area contributed by atoms with E-state index in [0.29, 0.717) is 30.5 Å². The number of hydrogen-bond donors (Lipinski definition) is 1. The Morgan fingerprint density at radius 3 is 2.61 bits per heavy atom. The number of nitrogen functional groups attached to an aromatic ring is 1. The molecule has 1 aromatic heterocycles. The van der Waals surface area contributed by atoms with Crippen molar-refractivity contribution in [2.75, 3.05) is 23.8 Å². The van der Waals surface area contributed by atoms with Gasteiger partial charge in [0.2, 0.25) is 11.9 Å². The van der Waals surface area contributed by atoms with Crippen molar-refractivity contribution >= 4 is 11.9 Å². The lowest BCUT2D eigenvalue weighted by Gasteiger charge is -2.24. The van der Waals surface area contributed by atoms with Gasteiger partial charge in [-0.2, -0.15) is 15.0 Å². The van der Waals surface area contributed by atoms with Gasteiger partial charge in [0.1, 0.15) is 0 Å². The fourth-order valence-corrected chi connectivity index (χ4v) is 1.86. The zero-order chi connectivity index (χ0) is 13.1. The van der Waals surface area contributed by atoms with Crippen molar-refractivity contribution in [1.82, 2.24) is 15.0 Å². The molecule has 1 aliphatic carbocycles. The van der Waals surface area contributed by atoms with E-state index in [4.69, 9.17) is 10.5 Å². The molecule has 0 bridgehead atoms. The third-order valence-electron chi connectivity index (χ3n) is 2.70. The molecule has 100 valence electrons. The van der Waals surface area contributed by atoms with Gasteiger partial charge >= 0.3 is 6.01 Å². The van der Waals surface area contributed by atoms with E-state index in [0.717, 1.165) is 6.54 Å². The Balaban J connectivity index is 2.22. The quantitative estimate of drug-likeness (QED) is 0.825. The topological polar surface area (TPSA) is 77.2 Å². The van der Waals surface area contributed by atoms with E-state index in [9.17, 15) is 0 Å². The molecule has 1 fully saturated rings. The van der Waals surface area contributed by atoms with Crippen LogP contribution >= 0.6 is 0 Å². The van der Waals surface area contributed by atoms with E-state index in [-0.39, 0.29) is 5.95 Å². The molecule has 0 aliphatic heterocycles. The number of nitrogens with two attached hydrogens (primary N) is 1. The second-order valence-corrected chi connectivity index (χ2v) is 4.99. The van der Waals surface area contributed by atoms with E-state index >= 15 is 0 Å². The molecule has 1 aliphatic rings. The molecular weight excluding hydrogens is 230 g/mol. The summed E-state index contributed by atoms with van der Waals surface area (Å²) in [5, 5.41) is 0. The standard InChI is InChI=1S/C12H21N5O/c1-4-18-12-15-10(13)14-11(16-12)17(7-8(2)3)9-5-6-9/h8-9H,4-7H2,1-3H3,(H2,13,14,15,16). The molecule has 18 heavy (non-hydrogen) atoms. The predicted octanol–water partition coefficient (Wildman–Crippen LogP) is 1.48. The van der Waals surface area contributed by atoms with Crippen molar-refractivity contribution in [2.24, 2.45) is 5.92 Å². The lowest BCUT2D eigenvalue weighted by molar-refractivity contribution is 0.312. The van der Waals surface area contributed by atoms with E-state index in [2.05, 4.69) is 33.7 Å². The van der Waals surface area contributed by atoms with Crippen LogP contribution in [0.15, 0.2) is 0 Å². The first-order valence-corrected chi connectivity index (χ1v) is 6.51. The predicted molar refractivity (Wildman–Crippen MR) is 70.6 cm³/mol. The summed E-state index contributed by atoms with van der Waals surface area (Å²) in [5.41, 5.74) is 5.71. The summed E-state index contributed by atoms with van der Waals surface area (Å²) in [5.74, 6) is 1.42. The fraction of sp³-hybridized carbons (Fsp3) is 0.750. The van der Waals surface area contributed by atoms with E-state index in [1.165, 1.54) is 12.8 Å². The molecule has 0 saturated heterocycles. The van der Waals surface area contributed by atoms with Crippen molar-refractivity contribution in [3.8, 4) is 6.01 Å². The minimum absolute atomic E-state index is 0.220. The van der Waals surface area contributed by atoms with Gasteiger partial charge in [-0.25, -0.2) is 0 Å². The summed E-state index contributed by atoms with van der Waals surface area (Å²) in [6.07, 6.45) is 2.39. The molecular formula is C12H21N5O. The highest BCUT2D eigenvalue weighted by Gasteiger charge is 2.31. The van der Waals surface area contributed by atoms with Crippen LogP contribution in [0.2, 0.25) is 0 Å². The molecule has 0 radical (unpaired) electrons. The normalized spacial score (nSPS) is 14.9. The first-order chi connectivity index (χ1) is 8.60. The maximum absolute atomic E-state index is 5.71. The van der Waals surface area contributed by atoms with Crippen molar-refractivity contribution in [3.63, 3.8) is 0 Å². The summed E-state index contributed by atoms with van der Waals surface area (Å²) in [6.45, 7) is 7.72. The van der Waals surface area contributed by atoms with Gasteiger partial charge in [0.05, 0.1) is 6.61 Å². The minimum atomic E-state index is 0.220. The van der Waals surface area contributed by atoms with Gasteiger partial charge < -0.3 is 15.4 Å². The van der Waals surface area contributed by atoms with Crippen LogP contribution in [-0.4, -0.2) is 34.1 Å². The third-order valence-corrected chi connectivity index (χ3v) is 2.70. The Morgan fingerprint density at radius 2 is 2.06 bits per heavy atom. The average Bonchev–Trinajstić information content (AvgIpc) is 3.09. The van der Waals surface area contributed by atoms with Crippen LogP contribution in [0, 0.1) is 5.92 Å². The molecule has 0 aromatic carbocycles. The van der Waals surface area contributed by atoms with E-state index in [1.54, 1.807) is 0 Å². The first-order valence-electron chi connectivity index (χ1n) is 6.51. The maximum atomic E-state index is 5.71. The zero-order valence-electron chi connectivity index (χ0n) is 11.3. The Kier molecular flexibility index (Phi) is 3.84. The monoisotopic (exact) mass is 251 g/mol. The Bertz CT molecular complexity index is 405. The van der Waals surface area contributed by atoms with E-state index < -0.39 is 0 Å². The summed E-state index contributed by atoms with van der Waals surface area (Å²) in [6, 6.07) is 0.859. The Hall–Kier alpha value is -1.59. The largest absolute Gasteiger partial charge is 0.464 e. The highest BCUT2D eigenvalue weighted by atomic mass is 16.5. The number of ether oxygens (including phenoxy) is 1. The minimum Gasteiger partial charge on any atom is -0.464 e. The molecule has 0 amide bonds. The molecule has 0 spiro atoms.